The van der Waals surface area contributed by atoms with Gasteiger partial charge >= 0.3 is 0 Å². The second-order valence-corrected chi connectivity index (χ2v) is 4.22. The van der Waals surface area contributed by atoms with Crippen LogP contribution in [0.4, 0.5) is 13.2 Å². The van der Waals surface area contributed by atoms with Crippen LogP contribution in [0.5, 0.6) is 0 Å². The smallest absolute Gasteiger partial charge is 0.162 e. The number of halogens is 3. The summed E-state index contributed by atoms with van der Waals surface area (Å²) in [5, 5.41) is 0. The van der Waals surface area contributed by atoms with Crippen LogP contribution in [0.3, 0.4) is 0 Å². The minimum absolute atomic E-state index is 0.160. The highest BCUT2D eigenvalue weighted by Crippen LogP contribution is 2.36. The highest BCUT2D eigenvalue weighted by molar-refractivity contribution is 5.29. The third-order valence-electron chi connectivity index (χ3n) is 2.75. The van der Waals surface area contributed by atoms with Crippen LogP contribution in [0.1, 0.15) is 24.0 Å². The van der Waals surface area contributed by atoms with E-state index in [1.807, 2.05) is 0 Å². The Hall–Kier alpha value is -1.03. The lowest BCUT2D eigenvalue weighted by Crippen LogP contribution is -2.25. The first-order valence-corrected chi connectivity index (χ1v) is 4.86. The minimum atomic E-state index is -0.996. The van der Waals surface area contributed by atoms with Gasteiger partial charge in [0.1, 0.15) is 6.67 Å². The van der Waals surface area contributed by atoms with Crippen molar-refractivity contribution in [2.45, 2.75) is 31.5 Å². The Balaban J connectivity index is 2.31. The monoisotopic (exact) mass is 215 g/mol. The molecule has 1 aliphatic rings. The van der Waals surface area contributed by atoms with Gasteiger partial charge in [-0.1, -0.05) is 0 Å². The summed E-state index contributed by atoms with van der Waals surface area (Å²) in [6, 6.07) is 2.24. The molecule has 0 aliphatic heterocycles. The summed E-state index contributed by atoms with van der Waals surface area (Å²) in [6.45, 7) is -0.790. The summed E-state index contributed by atoms with van der Waals surface area (Å²) >= 11 is 0. The molecule has 0 heterocycles. The Labute approximate surface area is 86.1 Å². The summed E-state index contributed by atoms with van der Waals surface area (Å²) in [4.78, 5) is 0. The number of alkyl halides is 1. The normalized spacial score (nSPS) is 17.9. The van der Waals surface area contributed by atoms with Crippen LogP contribution in [-0.2, 0) is 13.1 Å². The molecular formula is C11H12F3N. The SMILES string of the molecule is NC1(Cc2cc(CF)cc(F)c2F)CC1. The van der Waals surface area contributed by atoms with E-state index in [9.17, 15) is 13.2 Å². The number of hydrogen-bond acceptors (Lipinski definition) is 1. The van der Waals surface area contributed by atoms with E-state index in [1.165, 1.54) is 6.07 Å². The zero-order chi connectivity index (χ0) is 11.1. The van der Waals surface area contributed by atoms with Gasteiger partial charge in [-0.25, -0.2) is 13.2 Å². The maximum Gasteiger partial charge on any atom is 0.162 e. The average molecular weight is 215 g/mol. The molecule has 0 spiro atoms. The van der Waals surface area contributed by atoms with Gasteiger partial charge in [0.15, 0.2) is 11.6 Å². The molecule has 82 valence electrons. The quantitative estimate of drug-likeness (QED) is 0.823. The maximum absolute atomic E-state index is 13.3. The Bertz CT molecular complexity index is 386. The van der Waals surface area contributed by atoms with Crippen LogP contribution in [0.2, 0.25) is 0 Å². The molecule has 2 rings (SSSR count). The summed E-state index contributed by atoms with van der Waals surface area (Å²) in [5.74, 6) is -1.90. The van der Waals surface area contributed by atoms with Gasteiger partial charge in [0.05, 0.1) is 0 Å². The molecule has 1 nitrogen and oxygen atoms in total. The second-order valence-electron chi connectivity index (χ2n) is 4.22. The van der Waals surface area contributed by atoms with Gasteiger partial charge in [-0.3, -0.25) is 0 Å². The Kier molecular flexibility index (Phi) is 2.46. The number of rotatable bonds is 3. The average Bonchev–Trinajstić information content (AvgIpc) is 2.91. The van der Waals surface area contributed by atoms with Gasteiger partial charge in [0.2, 0.25) is 0 Å². The molecule has 0 amide bonds. The number of benzene rings is 1. The van der Waals surface area contributed by atoms with Gasteiger partial charge in [-0.05, 0) is 42.5 Å². The Morgan fingerprint density at radius 1 is 1.27 bits per heavy atom. The van der Waals surface area contributed by atoms with E-state index < -0.39 is 23.8 Å². The van der Waals surface area contributed by atoms with E-state index in [1.54, 1.807) is 0 Å². The predicted octanol–water partition coefficient (Wildman–Crippen LogP) is 2.47. The molecule has 0 aromatic heterocycles. The molecule has 1 fully saturated rings. The molecule has 4 heteroatoms. The predicted molar refractivity (Wildman–Crippen MR) is 51.0 cm³/mol. The summed E-state index contributed by atoms with van der Waals surface area (Å²) in [6.07, 6.45) is 1.91. The van der Waals surface area contributed by atoms with Gasteiger partial charge in [-0.2, -0.15) is 0 Å². The summed E-state index contributed by atoms with van der Waals surface area (Å²) < 4.78 is 38.7. The van der Waals surface area contributed by atoms with E-state index in [0.29, 0.717) is 0 Å². The van der Waals surface area contributed by atoms with Crippen molar-refractivity contribution >= 4 is 0 Å². The van der Waals surface area contributed by atoms with Crippen molar-refractivity contribution in [3.8, 4) is 0 Å². The van der Waals surface area contributed by atoms with Crippen molar-refractivity contribution in [1.29, 1.82) is 0 Å². The topological polar surface area (TPSA) is 26.0 Å². The van der Waals surface area contributed by atoms with E-state index >= 15 is 0 Å². The van der Waals surface area contributed by atoms with Crippen LogP contribution < -0.4 is 5.73 Å². The van der Waals surface area contributed by atoms with Crippen LogP contribution in [0, 0.1) is 11.6 Å². The molecule has 1 saturated carbocycles. The standard InChI is InChI=1S/C11H12F3N/c12-6-7-3-8(5-11(15)1-2-11)10(14)9(13)4-7/h3-4H,1-2,5-6,15H2. The van der Waals surface area contributed by atoms with Crippen molar-refractivity contribution in [3.05, 3.63) is 34.9 Å². The van der Waals surface area contributed by atoms with Gasteiger partial charge < -0.3 is 5.73 Å². The van der Waals surface area contributed by atoms with Gasteiger partial charge in [0, 0.05) is 5.54 Å². The van der Waals surface area contributed by atoms with Gasteiger partial charge in [-0.15, -0.1) is 0 Å². The van der Waals surface area contributed by atoms with E-state index in [4.69, 9.17) is 5.73 Å². The van der Waals surface area contributed by atoms with Gasteiger partial charge in [0.25, 0.3) is 0 Å². The Morgan fingerprint density at radius 3 is 2.47 bits per heavy atom. The Morgan fingerprint density at radius 2 is 1.93 bits per heavy atom. The van der Waals surface area contributed by atoms with Crippen LogP contribution in [0.25, 0.3) is 0 Å². The zero-order valence-corrected chi connectivity index (χ0v) is 8.19. The fourth-order valence-electron chi connectivity index (χ4n) is 1.63. The summed E-state index contributed by atoms with van der Waals surface area (Å²) in [7, 11) is 0. The summed E-state index contributed by atoms with van der Waals surface area (Å²) in [5.41, 5.74) is 5.75. The molecular weight excluding hydrogens is 203 g/mol. The van der Waals surface area contributed by atoms with Crippen LogP contribution in [-0.4, -0.2) is 5.54 Å². The molecule has 0 unspecified atom stereocenters. The molecule has 0 saturated heterocycles. The minimum Gasteiger partial charge on any atom is -0.325 e. The first kappa shape index (κ1) is 10.5. The van der Waals surface area contributed by atoms with E-state index in [-0.39, 0.29) is 17.5 Å². The first-order valence-electron chi connectivity index (χ1n) is 4.86. The molecule has 1 aromatic carbocycles. The highest BCUT2D eigenvalue weighted by Gasteiger charge is 2.39. The number of nitrogens with two attached hydrogens (primary N) is 1. The van der Waals surface area contributed by atoms with Crippen molar-refractivity contribution in [1.82, 2.24) is 0 Å². The van der Waals surface area contributed by atoms with Crippen molar-refractivity contribution in [2.75, 3.05) is 0 Å². The molecule has 0 bridgehead atoms. The van der Waals surface area contributed by atoms with Crippen LogP contribution >= 0.6 is 0 Å². The lowest BCUT2D eigenvalue weighted by Gasteiger charge is -2.11. The van der Waals surface area contributed by atoms with E-state index in [0.717, 1.165) is 18.9 Å². The zero-order valence-electron chi connectivity index (χ0n) is 8.19. The highest BCUT2D eigenvalue weighted by atomic mass is 19.2. The fourth-order valence-corrected chi connectivity index (χ4v) is 1.63. The van der Waals surface area contributed by atoms with E-state index in [2.05, 4.69) is 0 Å². The van der Waals surface area contributed by atoms with Crippen molar-refractivity contribution < 1.29 is 13.2 Å². The molecule has 1 aliphatic carbocycles. The molecule has 2 N–H and O–H groups in total. The molecule has 1 aromatic rings. The largest absolute Gasteiger partial charge is 0.325 e. The van der Waals surface area contributed by atoms with Crippen LogP contribution in [0.15, 0.2) is 12.1 Å². The van der Waals surface area contributed by atoms with Crippen molar-refractivity contribution in [2.24, 2.45) is 5.73 Å². The third-order valence-corrected chi connectivity index (χ3v) is 2.75. The lowest BCUT2D eigenvalue weighted by molar-refractivity contribution is 0.465. The first-order chi connectivity index (χ1) is 7.04. The molecule has 0 atom stereocenters. The number of hydrogen-bond donors (Lipinski definition) is 1. The fraction of sp³-hybridized carbons (Fsp3) is 0.455. The third kappa shape index (κ3) is 2.15. The molecule has 0 radical (unpaired) electrons. The maximum atomic E-state index is 13.3. The lowest BCUT2D eigenvalue weighted by atomic mass is 10.0. The molecule has 15 heavy (non-hydrogen) atoms. The van der Waals surface area contributed by atoms with Crippen molar-refractivity contribution in [3.63, 3.8) is 0 Å². The second kappa shape index (κ2) is 3.52.